The Labute approximate surface area is 105 Å². The van der Waals surface area contributed by atoms with Gasteiger partial charge in [-0.2, -0.15) is 0 Å². The summed E-state index contributed by atoms with van der Waals surface area (Å²) in [5, 5.41) is 0. The van der Waals surface area contributed by atoms with Gasteiger partial charge in [0.05, 0.1) is 0 Å². The van der Waals surface area contributed by atoms with Gasteiger partial charge in [0.15, 0.2) is 0 Å². The highest BCUT2D eigenvalue weighted by Crippen LogP contribution is 2.33. The van der Waals surface area contributed by atoms with Crippen LogP contribution in [-0.4, -0.2) is 11.9 Å². The predicted octanol–water partition coefficient (Wildman–Crippen LogP) is 4.35. The third-order valence-electron chi connectivity index (χ3n) is 2.96. The molecule has 0 aromatic heterocycles. The van der Waals surface area contributed by atoms with Crippen LogP contribution in [0.5, 0.6) is 0 Å². The summed E-state index contributed by atoms with van der Waals surface area (Å²) >= 11 is 0. The Bertz CT molecular complexity index is 430. The molecule has 0 spiro atoms. The van der Waals surface area contributed by atoms with Crippen LogP contribution in [0.25, 0.3) is 0 Å². The first-order chi connectivity index (χ1) is 8.19. The van der Waals surface area contributed by atoms with Gasteiger partial charge in [-0.05, 0) is 37.1 Å². The van der Waals surface area contributed by atoms with Crippen molar-refractivity contribution in [3.05, 3.63) is 72.2 Å². The van der Waals surface area contributed by atoms with E-state index in [1.54, 1.807) is 0 Å². The Hall–Kier alpha value is -1.76. The second kappa shape index (κ2) is 6.09. The van der Waals surface area contributed by atoms with E-state index in [0.29, 0.717) is 0 Å². The quantitative estimate of drug-likeness (QED) is 0.692. The first-order valence-corrected chi connectivity index (χ1v) is 5.89. The normalized spacial score (nSPS) is 21.7. The summed E-state index contributed by atoms with van der Waals surface area (Å²) in [6.45, 7) is 11.8. The summed E-state index contributed by atoms with van der Waals surface area (Å²) in [7, 11) is 2.08. The molecule has 0 atom stereocenters. The van der Waals surface area contributed by atoms with Crippen molar-refractivity contribution in [1.29, 1.82) is 0 Å². The SMILES string of the molecule is C=C/C=C1\C(=C/C)CC(C=C)=C(/C=C\C)N1C. The maximum atomic E-state index is 3.91. The summed E-state index contributed by atoms with van der Waals surface area (Å²) in [6.07, 6.45) is 13.1. The van der Waals surface area contributed by atoms with Gasteiger partial charge in [0.25, 0.3) is 0 Å². The Morgan fingerprint density at radius 1 is 1.24 bits per heavy atom. The largest absolute Gasteiger partial charge is 0.344 e. The Balaban J connectivity index is 3.36. The van der Waals surface area contributed by atoms with Gasteiger partial charge in [-0.1, -0.05) is 37.5 Å². The van der Waals surface area contributed by atoms with Gasteiger partial charge in [0.1, 0.15) is 0 Å². The molecule has 1 nitrogen and oxygen atoms in total. The van der Waals surface area contributed by atoms with Gasteiger partial charge in [-0.15, -0.1) is 0 Å². The molecule has 0 bridgehead atoms. The van der Waals surface area contributed by atoms with Gasteiger partial charge < -0.3 is 4.90 Å². The fourth-order valence-electron chi connectivity index (χ4n) is 2.08. The molecule has 1 heterocycles. The van der Waals surface area contributed by atoms with E-state index in [9.17, 15) is 0 Å². The lowest BCUT2D eigenvalue weighted by atomic mass is 9.94. The Morgan fingerprint density at radius 2 is 1.94 bits per heavy atom. The van der Waals surface area contributed by atoms with Crippen molar-refractivity contribution < 1.29 is 0 Å². The zero-order valence-corrected chi connectivity index (χ0v) is 11.0. The van der Waals surface area contributed by atoms with Gasteiger partial charge in [0.2, 0.25) is 0 Å². The molecule has 0 fully saturated rings. The summed E-state index contributed by atoms with van der Waals surface area (Å²) in [4.78, 5) is 2.19. The number of hydrogen-bond acceptors (Lipinski definition) is 1. The summed E-state index contributed by atoms with van der Waals surface area (Å²) in [5.74, 6) is 0. The van der Waals surface area contributed by atoms with E-state index in [4.69, 9.17) is 0 Å². The van der Waals surface area contributed by atoms with E-state index in [1.165, 1.54) is 22.5 Å². The molecule has 0 saturated carbocycles. The molecule has 0 radical (unpaired) electrons. The molecule has 1 heteroatoms. The first kappa shape index (κ1) is 13.3. The van der Waals surface area contributed by atoms with Crippen LogP contribution in [0.4, 0.5) is 0 Å². The number of allylic oxidation sites excluding steroid dienone is 8. The lowest BCUT2D eigenvalue weighted by Gasteiger charge is -2.32. The van der Waals surface area contributed by atoms with E-state index in [1.807, 2.05) is 19.1 Å². The van der Waals surface area contributed by atoms with Crippen LogP contribution in [0.2, 0.25) is 0 Å². The minimum Gasteiger partial charge on any atom is -0.344 e. The molecule has 17 heavy (non-hydrogen) atoms. The van der Waals surface area contributed by atoms with Crippen molar-refractivity contribution in [2.24, 2.45) is 0 Å². The highest BCUT2D eigenvalue weighted by molar-refractivity contribution is 5.48. The predicted molar refractivity (Wildman–Crippen MR) is 76.5 cm³/mol. The van der Waals surface area contributed by atoms with E-state index in [-0.39, 0.29) is 0 Å². The third kappa shape index (κ3) is 2.68. The maximum Gasteiger partial charge on any atom is 0.0440 e. The van der Waals surface area contributed by atoms with Gasteiger partial charge in [0, 0.05) is 24.9 Å². The molecule has 0 amide bonds. The first-order valence-electron chi connectivity index (χ1n) is 5.89. The lowest BCUT2D eigenvalue weighted by molar-refractivity contribution is 0.519. The molecule has 1 aliphatic rings. The molecular formula is C16H21N. The molecule has 1 rings (SSSR count). The minimum atomic E-state index is 0.934. The van der Waals surface area contributed by atoms with E-state index >= 15 is 0 Å². The van der Waals surface area contributed by atoms with Crippen molar-refractivity contribution >= 4 is 0 Å². The molecule has 1 aliphatic heterocycles. The standard InChI is InChI=1S/C16H21N/c1-6-10-15-13(8-3)12-14(9-4)16(11-7-2)17(15)5/h6-11H,1,4,12H2,2-3,5H3/b11-7-,13-8-,15-10+. The summed E-state index contributed by atoms with van der Waals surface area (Å²) in [5.41, 5.74) is 5.00. The van der Waals surface area contributed by atoms with Crippen LogP contribution < -0.4 is 0 Å². The average molecular weight is 227 g/mol. The van der Waals surface area contributed by atoms with Crippen LogP contribution >= 0.6 is 0 Å². The third-order valence-corrected chi connectivity index (χ3v) is 2.96. The zero-order valence-electron chi connectivity index (χ0n) is 11.0. The van der Waals surface area contributed by atoms with Crippen molar-refractivity contribution in [1.82, 2.24) is 4.90 Å². The monoisotopic (exact) mass is 227 g/mol. The smallest absolute Gasteiger partial charge is 0.0440 e. The number of likely N-dealkylation sites (N-methyl/N-ethyl adjacent to an activating group) is 1. The molecule has 0 aliphatic carbocycles. The summed E-state index contributed by atoms with van der Waals surface area (Å²) in [6, 6.07) is 0. The zero-order chi connectivity index (χ0) is 12.8. The van der Waals surface area contributed by atoms with Crippen LogP contribution in [0.15, 0.2) is 72.2 Å². The number of rotatable bonds is 3. The molecule has 0 aromatic carbocycles. The number of hydrogen-bond donors (Lipinski definition) is 0. The second-order valence-corrected chi connectivity index (χ2v) is 3.95. The average Bonchev–Trinajstić information content (AvgIpc) is 2.34. The second-order valence-electron chi connectivity index (χ2n) is 3.95. The Morgan fingerprint density at radius 3 is 2.41 bits per heavy atom. The molecular weight excluding hydrogens is 206 g/mol. The van der Waals surface area contributed by atoms with E-state index in [2.05, 4.69) is 56.3 Å². The topological polar surface area (TPSA) is 3.24 Å². The van der Waals surface area contributed by atoms with Crippen molar-refractivity contribution in [2.45, 2.75) is 20.3 Å². The van der Waals surface area contributed by atoms with Crippen molar-refractivity contribution in [3.63, 3.8) is 0 Å². The minimum absolute atomic E-state index is 0.934. The van der Waals surface area contributed by atoms with Gasteiger partial charge in [-0.25, -0.2) is 0 Å². The van der Waals surface area contributed by atoms with Crippen molar-refractivity contribution in [3.8, 4) is 0 Å². The molecule has 0 saturated heterocycles. The Kier molecular flexibility index (Phi) is 4.77. The highest BCUT2D eigenvalue weighted by atomic mass is 15.1. The van der Waals surface area contributed by atoms with Crippen LogP contribution in [0.1, 0.15) is 20.3 Å². The van der Waals surface area contributed by atoms with E-state index in [0.717, 1.165) is 6.42 Å². The fourth-order valence-corrected chi connectivity index (χ4v) is 2.08. The summed E-state index contributed by atoms with van der Waals surface area (Å²) < 4.78 is 0. The van der Waals surface area contributed by atoms with Crippen LogP contribution in [0, 0.1) is 0 Å². The maximum absolute atomic E-state index is 3.91. The molecule has 90 valence electrons. The van der Waals surface area contributed by atoms with E-state index < -0.39 is 0 Å². The fraction of sp³-hybridized carbons (Fsp3) is 0.250. The lowest BCUT2D eigenvalue weighted by Crippen LogP contribution is -2.23. The molecule has 0 aromatic rings. The van der Waals surface area contributed by atoms with Gasteiger partial charge >= 0.3 is 0 Å². The van der Waals surface area contributed by atoms with Crippen LogP contribution in [-0.2, 0) is 0 Å². The number of nitrogens with zero attached hydrogens (tertiary/aromatic N) is 1. The molecule has 0 N–H and O–H groups in total. The van der Waals surface area contributed by atoms with Crippen LogP contribution in [0.3, 0.4) is 0 Å². The van der Waals surface area contributed by atoms with Crippen molar-refractivity contribution in [2.75, 3.05) is 7.05 Å². The molecule has 0 unspecified atom stereocenters. The highest BCUT2D eigenvalue weighted by Gasteiger charge is 2.20. The van der Waals surface area contributed by atoms with Gasteiger partial charge in [-0.3, -0.25) is 0 Å².